The molecule has 0 aliphatic rings. The lowest BCUT2D eigenvalue weighted by Gasteiger charge is -2.21. The second-order valence-electron chi connectivity index (χ2n) is 11.7. The first-order chi connectivity index (χ1) is 19.3. The van der Waals surface area contributed by atoms with E-state index < -0.39 is 29.7 Å². The summed E-state index contributed by atoms with van der Waals surface area (Å²) in [6.07, 6.45) is 1.53. The number of hydrogen-bond acceptors (Lipinski definition) is 7. The molecule has 2 aromatic rings. The number of nitrogens with one attached hydrogen (secondary N) is 2. The van der Waals surface area contributed by atoms with E-state index in [1.165, 1.54) is 5.56 Å². The number of amides is 2. The molecule has 0 spiro atoms. The molecule has 0 unspecified atom stereocenters. The fourth-order valence-electron chi connectivity index (χ4n) is 3.91. The van der Waals surface area contributed by atoms with Gasteiger partial charge in [-0.1, -0.05) is 55.8 Å². The Morgan fingerprint density at radius 1 is 0.902 bits per heavy atom. The molecule has 0 fully saturated rings. The Morgan fingerprint density at radius 2 is 1.51 bits per heavy atom. The van der Waals surface area contributed by atoms with Crippen LogP contribution in [0, 0.1) is 12.8 Å². The van der Waals surface area contributed by atoms with E-state index in [0.29, 0.717) is 44.6 Å². The van der Waals surface area contributed by atoms with Gasteiger partial charge in [-0.15, -0.1) is 0 Å². The summed E-state index contributed by atoms with van der Waals surface area (Å²) in [5, 5.41) is 5.46. The second kappa shape index (κ2) is 16.6. The summed E-state index contributed by atoms with van der Waals surface area (Å²) in [4.78, 5) is 37.5. The van der Waals surface area contributed by atoms with E-state index in [4.69, 9.17) is 19.9 Å². The summed E-state index contributed by atoms with van der Waals surface area (Å²) in [6.45, 7) is 12.3. The maximum absolute atomic E-state index is 13.0. The second-order valence-corrected chi connectivity index (χ2v) is 11.7. The lowest BCUT2D eigenvalue weighted by molar-refractivity contribution is -0.149. The molecule has 41 heavy (non-hydrogen) atoms. The van der Waals surface area contributed by atoms with Crippen LogP contribution in [0.5, 0.6) is 5.75 Å². The Balaban J connectivity index is 1.88. The first-order valence-electron chi connectivity index (χ1n) is 14.3. The molecular weight excluding hydrogens is 522 g/mol. The average Bonchev–Trinajstić information content (AvgIpc) is 2.89. The molecule has 2 amide bonds. The third-order valence-electron chi connectivity index (χ3n) is 6.08. The van der Waals surface area contributed by atoms with Crippen molar-refractivity contribution in [2.75, 3.05) is 6.54 Å². The molecule has 2 rings (SSSR count). The van der Waals surface area contributed by atoms with Crippen LogP contribution in [-0.2, 0) is 32.3 Å². The smallest absolute Gasteiger partial charge is 0.407 e. The van der Waals surface area contributed by atoms with Gasteiger partial charge in [-0.2, -0.15) is 0 Å². The topological polar surface area (TPSA) is 129 Å². The van der Waals surface area contributed by atoms with Gasteiger partial charge in [-0.3, -0.25) is 4.79 Å². The summed E-state index contributed by atoms with van der Waals surface area (Å²) >= 11 is 0. The van der Waals surface area contributed by atoms with Gasteiger partial charge in [-0.25, -0.2) is 9.59 Å². The summed E-state index contributed by atoms with van der Waals surface area (Å²) in [6, 6.07) is 13.9. The quantitative estimate of drug-likeness (QED) is 0.199. The van der Waals surface area contributed by atoms with Crippen molar-refractivity contribution in [3.05, 3.63) is 65.2 Å². The summed E-state index contributed by atoms with van der Waals surface area (Å²) in [5.41, 5.74) is 8.53. The molecule has 9 heteroatoms. The van der Waals surface area contributed by atoms with Gasteiger partial charge in [0.2, 0.25) is 5.91 Å². The minimum Gasteiger partial charge on any atom is -0.489 e. The van der Waals surface area contributed by atoms with E-state index in [9.17, 15) is 14.4 Å². The van der Waals surface area contributed by atoms with E-state index in [1.54, 1.807) is 20.8 Å². The van der Waals surface area contributed by atoms with E-state index in [0.717, 1.165) is 11.1 Å². The third kappa shape index (κ3) is 14.0. The van der Waals surface area contributed by atoms with Crippen LogP contribution in [0.3, 0.4) is 0 Å². The SMILES string of the molecule is Cc1ccc(COc2ccc(COC(=O)[C@@H](CCCCNC(=O)OC(C)(C)C)NC(=O)[C@H](N)CC(C)C)cc2)cc1. The number of hydrogen-bond donors (Lipinski definition) is 3. The van der Waals surface area contributed by atoms with Gasteiger partial charge in [0.05, 0.1) is 6.04 Å². The van der Waals surface area contributed by atoms with Crippen LogP contribution < -0.4 is 21.1 Å². The number of benzene rings is 2. The van der Waals surface area contributed by atoms with Gasteiger partial charge in [0.25, 0.3) is 0 Å². The van der Waals surface area contributed by atoms with Crippen molar-refractivity contribution in [1.29, 1.82) is 0 Å². The molecular formula is C32H47N3O6. The highest BCUT2D eigenvalue weighted by Crippen LogP contribution is 2.16. The number of unbranched alkanes of at least 4 members (excludes halogenated alkanes) is 1. The Hall–Kier alpha value is -3.59. The normalized spacial score (nSPS) is 12.8. The van der Waals surface area contributed by atoms with E-state index in [1.807, 2.05) is 69.3 Å². The summed E-state index contributed by atoms with van der Waals surface area (Å²) < 4.78 is 16.6. The zero-order valence-corrected chi connectivity index (χ0v) is 25.3. The average molecular weight is 570 g/mol. The highest BCUT2D eigenvalue weighted by molar-refractivity contribution is 5.87. The molecule has 0 radical (unpaired) electrons. The monoisotopic (exact) mass is 569 g/mol. The highest BCUT2D eigenvalue weighted by Gasteiger charge is 2.25. The Kier molecular flexibility index (Phi) is 13.6. The van der Waals surface area contributed by atoms with Crippen LogP contribution in [0.15, 0.2) is 48.5 Å². The van der Waals surface area contributed by atoms with Gasteiger partial charge >= 0.3 is 12.1 Å². The largest absolute Gasteiger partial charge is 0.489 e. The molecule has 4 N–H and O–H groups in total. The van der Waals surface area contributed by atoms with Crippen molar-refractivity contribution in [1.82, 2.24) is 10.6 Å². The lowest BCUT2D eigenvalue weighted by Crippen LogP contribution is -2.49. The predicted octanol–water partition coefficient (Wildman–Crippen LogP) is 5.17. The number of alkyl carbamates (subject to hydrolysis) is 1. The standard InChI is InChI=1S/C32H47N3O6/c1-22(2)19-27(33)29(36)35-28(9-7-8-18-34-31(38)41-32(4,5)6)30(37)40-21-25-14-16-26(17-15-25)39-20-24-12-10-23(3)11-13-24/h10-17,22,27-28H,7-9,18-21,33H2,1-6H3,(H,34,38)(H,35,36)/t27-,28-/m1/s1. The Labute approximate surface area is 244 Å². The predicted molar refractivity (Wildman–Crippen MR) is 159 cm³/mol. The number of ether oxygens (including phenoxy) is 3. The maximum Gasteiger partial charge on any atom is 0.407 e. The molecule has 0 aliphatic heterocycles. The number of rotatable bonds is 15. The molecule has 9 nitrogen and oxygen atoms in total. The van der Waals surface area contributed by atoms with Gasteiger partial charge in [0, 0.05) is 6.54 Å². The Bertz CT molecular complexity index is 1090. The van der Waals surface area contributed by atoms with Crippen LogP contribution in [0.2, 0.25) is 0 Å². The zero-order chi connectivity index (χ0) is 30.4. The summed E-state index contributed by atoms with van der Waals surface area (Å²) in [5.74, 6) is 0.0337. The van der Waals surface area contributed by atoms with Gasteiger partial charge in [0.15, 0.2) is 0 Å². The maximum atomic E-state index is 13.0. The van der Waals surface area contributed by atoms with E-state index in [2.05, 4.69) is 10.6 Å². The van der Waals surface area contributed by atoms with Gasteiger partial charge < -0.3 is 30.6 Å². The molecule has 0 aliphatic carbocycles. The van der Waals surface area contributed by atoms with Crippen LogP contribution in [0.4, 0.5) is 4.79 Å². The molecule has 2 atom stereocenters. The number of carbonyl (C=O) groups is 3. The fourth-order valence-corrected chi connectivity index (χ4v) is 3.91. The van der Waals surface area contributed by atoms with Crippen molar-refractivity contribution in [3.63, 3.8) is 0 Å². The first kappa shape index (κ1) is 33.6. The van der Waals surface area contributed by atoms with E-state index in [-0.39, 0.29) is 18.4 Å². The highest BCUT2D eigenvalue weighted by atomic mass is 16.6. The molecule has 0 heterocycles. The lowest BCUT2D eigenvalue weighted by atomic mass is 10.0. The number of nitrogens with two attached hydrogens (primary N) is 1. The van der Waals surface area contributed by atoms with Crippen molar-refractivity contribution in [3.8, 4) is 5.75 Å². The van der Waals surface area contributed by atoms with Gasteiger partial charge in [0.1, 0.15) is 30.6 Å². The van der Waals surface area contributed by atoms with Crippen LogP contribution in [-0.4, -0.2) is 42.2 Å². The molecule has 226 valence electrons. The summed E-state index contributed by atoms with van der Waals surface area (Å²) in [7, 11) is 0. The van der Waals surface area contributed by atoms with Crippen molar-refractivity contribution >= 4 is 18.0 Å². The molecule has 0 bridgehead atoms. The zero-order valence-electron chi connectivity index (χ0n) is 25.3. The van der Waals surface area contributed by atoms with Crippen LogP contribution >= 0.6 is 0 Å². The third-order valence-corrected chi connectivity index (χ3v) is 6.08. The molecule has 2 aromatic carbocycles. The molecule has 0 aromatic heterocycles. The number of aryl methyl sites for hydroxylation is 1. The van der Waals surface area contributed by atoms with Crippen molar-refractivity contribution in [2.24, 2.45) is 11.7 Å². The molecule has 0 saturated heterocycles. The van der Waals surface area contributed by atoms with E-state index >= 15 is 0 Å². The first-order valence-corrected chi connectivity index (χ1v) is 14.3. The van der Waals surface area contributed by atoms with Gasteiger partial charge in [-0.05, 0) is 82.6 Å². The van der Waals surface area contributed by atoms with Crippen molar-refractivity contribution in [2.45, 2.75) is 98.1 Å². The van der Waals surface area contributed by atoms with Crippen LogP contribution in [0.1, 0.15) is 77.0 Å². The number of carbonyl (C=O) groups excluding carboxylic acids is 3. The minimum atomic E-state index is -0.848. The fraction of sp³-hybridized carbons (Fsp3) is 0.531. The molecule has 0 saturated carbocycles. The number of esters is 1. The van der Waals surface area contributed by atoms with Crippen molar-refractivity contribution < 1.29 is 28.6 Å². The minimum absolute atomic E-state index is 0.0572. The van der Waals surface area contributed by atoms with Crippen LogP contribution in [0.25, 0.3) is 0 Å². The Morgan fingerprint density at radius 3 is 2.12 bits per heavy atom.